The molecule has 0 radical (unpaired) electrons. The average Bonchev–Trinajstić information content (AvgIpc) is 2.63. The number of H-pyrrole nitrogens is 1. The fourth-order valence-electron chi connectivity index (χ4n) is 1.30. The number of aromatic nitrogens is 2. The molecule has 0 bridgehead atoms. The van der Waals surface area contributed by atoms with E-state index in [1.807, 2.05) is 4.98 Å². The second kappa shape index (κ2) is 4.34. The van der Waals surface area contributed by atoms with Crippen LogP contribution in [0.25, 0.3) is 0 Å². The van der Waals surface area contributed by atoms with Gasteiger partial charge in [0.1, 0.15) is 5.82 Å². The molecule has 0 spiro atoms. The molecule has 2 aromatic rings. The van der Waals surface area contributed by atoms with Gasteiger partial charge in [-0.15, -0.1) is 0 Å². The number of benzene rings is 1. The van der Waals surface area contributed by atoms with Gasteiger partial charge in [0.05, 0.1) is 5.56 Å². The molecule has 0 unspecified atom stereocenters. The van der Waals surface area contributed by atoms with E-state index in [1.165, 1.54) is 0 Å². The third kappa shape index (κ3) is 2.04. The van der Waals surface area contributed by atoms with Crippen LogP contribution < -0.4 is 0 Å². The van der Waals surface area contributed by atoms with Crippen LogP contribution in [0.5, 0.6) is 5.75 Å². The number of phenolic OH excluding ortho intramolecular Hbond substituents is 1. The fourth-order valence-corrected chi connectivity index (χ4v) is 1.44. The van der Waals surface area contributed by atoms with Crippen LogP contribution in [0.3, 0.4) is 0 Å². The van der Waals surface area contributed by atoms with E-state index in [0.29, 0.717) is 12.1 Å². The number of hydrogen-bond acceptors (Lipinski definition) is 3. The maximum absolute atomic E-state index is 13.0. The predicted octanol–water partition coefficient (Wildman–Crippen LogP) is 2.42. The number of aromatic amines is 1. The van der Waals surface area contributed by atoms with E-state index in [9.17, 15) is 23.1 Å². The Morgan fingerprint density at radius 1 is 1.33 bits per heavy atom. The number of aromatic hydroxyl groups is 1. The van der Waals surface area contributed by atoms with Crippen molar-refractivity contribution in [3.8, 4) is 5.75 Å². The Hall–Kier alpha value is -2.02. The van der Waals surface area contributed by atoms with E-state index in [1.54, 1.807) is 0 Å². The van der Waals surface area contributed by atoms with Crippen molar-refractivity contribution in [1.29, 1.82) is 0 Å². The summed E-state index contributed by atoms with van der Waals surface area (Å²) in [7, 11) is 0. The highest BCUT2D eigenvalue weighted by atomic mass is 35.5. The Morgan fingerprint density at radius 2 is 2.00 bits per heavy atom. The molecule has 18 heavy (non-hydrogen) atoms. The van der Waals surface area contributed by atoms with E-state index in [-0.39, 0.29) is 0 Å². The molecule has 2 rings (SSSR count). The number of phenols is 1. The molecule has 1 aromatic carbocycles. The van der Waals surface area contributed by atoms with Crippen molar-refractivity contribution in [2.75, 3.05) is 0 Å². The Kier molecular flexibility index (Phi) is 3.00. The van der Waals surface area contributed by atoms with Crippen LogP contribution in [-0.2, 0) is 0 Å². The number of nitrogens with zero attached hydrogens (tertiary/aromatic N) is 1. The summed E-state index contributed by atoms with van der Waals surface area (Å²) < 4.78 is 38.8. The predicted molar refractivity (Wildman–Crippen MR) is 55.0 cm³/mol. The minimum atomic E-state index is -1.31. The first-order valence-electron chi connectivity index (χ1n) is 4.54. The normalized spacial score (nSPS) is 10.7. The van der Waals surface area contributed by atoms with Gasteiger partial charge in [-0.25, -0.2) is 13.8 Å². The van der Waals surface area contributed by atoms with Gasteiger partial charge >= 0.3 is 0 Å². The number of ketones is 1. The van der Waals surface area contributed by atoms with Crippen LogP contribution in [-0.4, -0.2) is 20.9 Å². The summed E-state index contributed by atoms with van der Waals surface area (Å²) in [5.74, 6) is -6.14. The molecule has 4 nitrogen and oxygen atoms in total. The molecule has 0 saturated heterocycles. The fraction of sp³-hybridized carbons (Fsp3) is 0. The van der Waals surface area contributed by atoms with Crippen molar-refractivity contribution in [2.24, 2.45) is 0 Å². The molecule has 2 N–H and O–H groups in total. The van der Waals surface area contributed by atoms with Gasteiger partial charge in [0.25, 0.3) is 0 Å². The molecular weight excluding hydrogens is 273 g/mol. The topological polar surface area (TPSA) is 66.0 Å². The molecule has 8 heteroatoms. The molecular formula is C10H4ClF3N2O2. The van der Waals surface area contributed by atoms with Crippen molar-refractivity contribution >= 4 is 17.4 Å². The SMILES string of the molecule is O=C(c1nc(Cl)c(F)[nH]1)c1cc(F)cc(F)c1O. The van der Waals surface area contributed by atoms with Gasteiger partial charge in [-0.1, -0.05) is 11.6 Å². The Balaban J connectivity index is 2.52. The maximum atomic E-state index is 13.0. The van der Waals surface area contributed by atoms with Gasteiger partial charge < -0.3 is 10.1 Å². The third-order valence-electron chi connectivity index (χ3n) is 2.11. The Labute approximate surface area is 103 Å². The molecule has 0 fully saturated rings. The van der Waals surface area contributed by atoms with Gasteiger partial charge in [-0.2, -0.15) is 4.39 Å². The van der Waals surface area contributed by atoms with E-state index >= 15 is 0 Å². The standard InChI is InChI=1S/C10H4ClF3N2O2/c11-8-9(14)16-10(15-8)7(18)4-1-3(12)2-5(13)6(4)17/h1-2,17H,(H,15,16). The smallest absolute Gasteiger partial charge is 0.232 e. The van der Waals surface area contributed by atoms with Crippen LogP contribution in [0.4, 0.5) is 13.2 Å². The van der Waals surface area contributed by atoms with Crippen molar-refractivity contribution in [3.63, 3.8) is 0 Å². The zero-order valence-corrected chi connectivity index (χ0v) is 9.23. The van der Waals surface area contributed by atoms with Crippen molar-refractivity contribution in [2.45, 2.75) is 0 Å². The van der Waals surface area contributed by atoms with Crippen molar-refractivity contribution < 1.29 is 23.1 Å². The van der Waals surface area contributed by atoms with Crippen LogP contribution in [0, 0.1) is 17.6 Å². The molecule has 0 aliphatic carbocycles. The monoisotopic (exact) mass is 276 g/mol. The number of halogens is 4. The summed E-state index contributed by atoms with van der Waals surface area (Å²) >= 11 is 5.28. The first-order valence-corrected chi connectivity index (χ1v) is 4.91. The van der Waals surface area contributed by atoms with Gasteiger partial charge in [0, 0.05) is 6.07 Å². The number of nitrogens with one attached hydrogen (secondary N) is 1. The van der Waals surface area contributed by atoms with E-state index in [0.717, 1.165) is 0 Å². The lowest BCUT2D eigenvalue weighted by molar-refractivity contribution is 0.102. The molecule has 0 aliphatic rings. The number of carbonyl (C=O) groups is 1. The average molecular weight is 277 g/mol. The Bertz CT molecular complexity index is 623. The summed E-state index contributed by atoms with van der Waals surface area (Å²) in [4.78, 5) is 16.9. The highest BCUT2D eigenvalue weighted by Gasteiger charge is 2.22. The minimum absolute atomic E-state index is 0.405. The summed E-state index contributed by atoms with van der Waals surface area (Å²) in [5, 5.41) is 8.71. The van der Waals surface area contributed by atoms with Crippen LogP contribution in [0.15, 0.2) is 12.1 Å². The highest BCUT2D eigenvalue weighted by Crippen LogP contribution is 2.25. The number of imidazole rings is 1. The molecule has 1 heterocycles. The first-order chi connectivity index (χ1) is 8.40. The number of hydrogen-bond donors (Lipinski definition) is 2. The third-order valence-corrected chi connectivity index (χ3v) is 2.36. The number of rotatable bonds is 2. The molecule has 0 saturated carbocycles. The van der Waals surface area contributed by atoms with Gasteiger partial charge in [0.2, 0.25) is 11.7 Å². The zero-order valence-electron chi connectivity index (χ0n) is 8.47. The minimum Gasteiger partial charge on any atom is -0.504 e. The van der Waals surface area contributed by atoms with Gasteiger partial charge in [-0.05, 0) is 6.07 Å². The van der Waals surface area contributed by atoms with E-state index < -0.39 is 45.7 Å². The van der Waals surface area contributed by atoms with Gasteiger partial charge in [-0.3, -0.25) is 4.79 Å². The molecule has 0 amide bonds. The van der Waals surface area contributed by atoms with Crippen LogP contribution in [0.2, 0.25) is 5.15 Å². The van der Waals surface area contributed by atoms with E-state index in [4.69, 9.17) is 11.6 Å². The lowest BCUT2D eigenvalue weighted by atomic mass is 10.1. The molecule has 94 valence electrons. The van der Waals surface area contributed by atoms with Crippen molar-refractivity contribution in [1.82, 2.24) is 9.97 Å². The Morgan fingerprint density at radius 3 is 2.56 bits per heavy atom. The zero-order chi connectivity index (χ0) is 13.4. The largest absolute Gasteiger partial charge is 0.504 e. The van der Waals surface area contributed by atoms with Crippen molar-refractivity contribution in [3.05, 3.63) is 46.3 Å². The lowest BCUT2D eigenvalue weighted by Crippen LogP contribution is -2.06. The van der Waals surface area contributed by atoms with Crippen LogP contribution >= 0.6 is 11.6 Å². The van der Waals surface area contributed by atoms with Crippen LogP contribution in [0.1, 0.15) is 16.2 Å². The highest BCUT2D eigenvalue weighted by molar-refractivity contribution is 6.29. The second-order valence-corrected chi connectivity index (χ2v) is 3.66. The molecule has 1 aromatic heterocycles. The summed E-state index contributed by atoms with van der Waals surface area (Å²) in [5.41, 5.74) is -0.682. The van der Waals surface area contributed by atoms with E-state index in [2.05, 4.69) is 4.98 Å². The number of carbonyl (C=O) groups excluding carboxylic acids is 1. The lowest BCUT2D eigenvalue weighted by Gasteiger charge is -2.02. The maximum Gasteiger partial charge on any atom is 0.232 e. The quantitative estimate of drug-likeness (QED) is 0.828. The molecule has 0 atom stereocenters. The van der Waals surface area contributed by atoms with Gasteiger partial charge in [0.15, 0.2) is 22.5 Å². The summed E-state index contributed by atoms with van der Waals surface area (Å²) in [6.45, 7) is 0. The summed E-state index contributed by atoms with van der Waals surface area (Å²) in [6, 6.07) is 1.01. The first kappa shape index (κ1) is 12.4. The second-order valence-electron chi connectivity index (χ2n) is 3.30. The summed E-state index contributed by atoms with van der Waals surface area (Å²) in [6.07, 6.45) is 0. The molecule has 0 aliphatic heterocycles.